The highest BCUT2D eigenvalue weighted by molar-refractivity contribution is 5.55. The molecule has 4 aromatic rings. The molecule has 5 heterocycles. The van der Waals surface area contributed by atoms with E-state index in [1.807, 2.05) is 46.9 Å². The SMILES string of the molecule is COc1nc(-c2nc3n(n2)CCC[C@@H]3c2ccncc2)ccc1-n1cnc(C)c1. The molecule has 8 heteroatoms. The lowest BCUT2D eigenvalue weighted by Crippen LogP contribution is -2.17. The molecule has 5 rings (SSSR count). The van der Waals surface area contributed by atoms with Crippen LogP contribution in [0.15, 0.2) is 49.2 Å². The highest BCUT2D eigenvalue weighted by atomic mass is 16.5. The zero-order valence-electron chi connectivity index (χ0n) is 16.4. The fourth-order valence-electron chi connectivity index (χ4n) is 3.83. The molecule has 0 saturated heterocycles. The lowest BCUT2D eigenvalue weighted by molar-refractivity contribution is 0.396. The molecular weight excluding hydrogens is 366 g/mol. The normalized spacial score (nSPS) is 15.9. The number of aryl methyl sites for hydroxylation is 2. The van der Waals surface area contributed by atoms with Gasteiger partial charge in [0.15, 0.2) is 5.82 Å². The molecule has 0 aliphatic carbocycles. The first-order valence-corrected chi connectivity index (χ1v) is 9.64. The summed E-state index contributed by atoms with van der Waals surface area (Å²) in [7, 11) is 1.62. The first-order valence-electron chi connectivity index (χ1n) is 9.64. The molecule has 0 bridgehead atoms. The van der Waals surface area contributed by atoms with Crippen LogP contribution < -0.4 is 4.74 Å². The minimum atomic E-state index is 0.225. The molecule has 146 valence electrons. The van der Waals surface area contributed by atoms with E-state index in [4.69, 9.17) is 14.8 Å². The van der Waals surface area contributed by atoms with Gasteiger partial charge in [0.25, 0.3) is 0 Å². The summed E-state index contributed by atoms with van der Waals surface area (Å²) in [6, 6.07) is 7.99. The molecule has 29 heavy (non-hydrogen) atoms. The van der Waals surface area contributed by atoms with Crippen molar-refractivity contribution < 1.29 is 4.74 Å². The van der Waals surface area contributed by atoms with Crippen LogP contribution >= 0.6 is 0 Å². The standard InChI is InChI=1S/C21H21N7O/c1-14-12-27(13-23-14)18-6-5-17(24-21(18)29-2)19-25-20-16(4-3-11-28(20)26-19)15-7-9-22-10-8-15/h5-10,12-13,16H,3-4,11H2,1-2H3/t16-/m1/s1. The predicted octanol–water partition coefficient (Wildman–Crippen LogP) is 3.16. The third kappa shape index (κ3) is 3.16. The minimum Gasteiger partial charge on any atom is -0.479 e. The van der Waals surface area contributed by atoms with Gasteiger partial charge in [-0.3, -0.25) is 4.98 Å². The molecule has 1 atom stereocenters. The van der Waals surface area contributed by atoms with Crippen LogP contribution in [0.1, 0.15) is 35.8 Å². The Hall–Kier alpha value is -3.55. The van der Waals surface area contributed by atoms with Crippen molar-refractivity contribution in [1.82, 2.24) is 34.3 Å². The summed E-state index contributed by atoms with van der Waals surface area (Å²) in [5.74, 6) is 2.33. The topological polar surface area (TPSA) is 83.5 Å². The molecule has 0 spiro atoms. The van der Waals surface area contributed by atoms with Crippen molar-refractivity contribution >= 4 is 0 Å². The van der Waals surface area contributed by atoms with Crippen molar-refractivity contribution in [3.63, 3.8) is 0 Å². The second-order valence-corrected chi connectivity index (χ2v) is 7.14. The van der Waals surface area contributed by atoms with E-state index in [1.54, 1.807) is 13.4 Å². The fourth-order valence-corrected chi connectivity index (χ4v) is 3.83. The van der Waals surface area contributed by atoms with E-state index in [2.05, 4.69) is 27.1 Å². The van der Waals surface area contributed by atoms with Gasteiger partial charge in [0.1, 0.15) is 17.2 Å². The van der Waals surface area contributed by atoms with Crippen LogP contribution in [0.3, 0.4) is 0 Å². The minimum absolute atomic E-state index is 0.225. The van der Waals surface area contributed by atoms with Gasteiger partial charge in [-0.25, -0.2) is 19.6 Å². The molecule has 4 aromatic heterocycles. The monoisotopic (exact) mass is 387 g/mol. The number of aromatic nitrogens is 7. The summed E-state index contributed by atoms with van der Waals surface area (Å²) >= 11 is 0. The number of fused-ring (bicyclic) bond motifs is 1. The number of rotatable bonds is 4. The Bertz CT molecular complexity index is 1150. The van der Waals surface area contributed by atoms with E-state index in [9.17, 15) is 0 Å². The van der Waals surface area contributed by atoms with Crippen molar-refractivity contribution in [3.05, 3.63) is 66.3 Å². The average molecular weight is 387 g/mol. The number of pyridine rings is 2. The van der Waals surface area contributed by atoms with Gasteiger partial charge in [-0.05, 0) is 49.6 Å². The Balaban J connectivity index is 1.53. The molecule has 0 unspecified atom stereocenters. The van der Waals surface area contributed by atoms with Crippen molar-refractivity contribution in [1.29, 1.82) is 0 Å². The number of hydrogen-bond donors (Lipinski definition) is 0. The van der Waals surface area contributed by atoms with Crippen LogP contribution in [-0.2, 0) is 6.54 Å². The summed E-state index contributed by atoms with van der Waals surface area (Å²) in [4.78, 5) is 17.9. The van der Waals surface area contributed by atoms with Gasteiger partial charge < -0.3 is 9.30 Å². The van der Waals surface area contributed by atoms with Crippen molar-refractivity contribution in [2.24, 2.45) is 0 Å². The van der Waals surface area contributed by atoms with Gasteiger partial charge in [-0.2, -0.15) is 0 Å². The van der Waals surface area contributed by atoms with Crippen LogP contribution in [0.25, 0.3) is 17.2 Å². The number of ether oxygens (including phenoxy) is 1. The molecular formula is C21H21N7O. The van der Waals surface area contributed by atoms with Gasteiger partial charge in [0.2, 0.25) is 5.88 Å². The quantitative estimate of drug-likeness (QED) is 0.535. The Labute approximate surface area is 168 Å². The highest BCUT2D eigenvalue weighted by Crippen LogP contribution is 2.33. The third-order valence-corrected chi connectivity index (χ3v) is 5.24. The Morgan fingerprint density at radius 2 is 1.97 bits per heavy atom. The van der Waals surface area contributed by atoms with E-state index in [1.165, 1.54) is 5.56 Å². The van der Waals surface area contributed by atoms with E-state index >= 15 is 0 Å². The summed E-state index contributed by atoms with van der Waals surface area (Å²) in [6.45, 7) is 2.82. The molecule has 0 amide bonds. The van der Waals surface area contributed by atoms with Crippen LogP contribution in [0.4, 0.5) is 0 Å². The van der Waals surface area contributed by atoms with Gasteiger partial charge in [0, 0.05) is 31.1 Å². The zero-order valence-corrected chi connectivity index (χ0v) is 16.4. The van der Waals surface area contributed by atoms with Gasteiger partial charge in [-0.15, -0.1) is 5.10 Å². The lowest BCUT2D eigenvalue weighted by Gasteiger charge is -2.22. The van der Waals surface area contributed by atoms with Gasteiger partial charge >= 0.3 is 0 Å². The smallest absolute Gasteiger partial charge is 0.238 e. The maximum Gasteiger partial charge on any atom is 0.238 e. The highest BCUT2D eigenvalue weighted by Gasteiger charge is 2.26. The van der Waals surface area contributed by atoms with Gasteiger partial charge in [-0.1, -0.05) is 0 Å². The molecule has 0 aromatic carbocycles. The zero-order chi connectivity index (χ0) is 19.8. The number of imidazole rings is 1. The number of nitrogens with zero attached hydrogens (tertiary/aromatic N) is 7. The predicted molar refractivity (Wildman–Crippen MR) is 107 cm³/mol. The Morgan fingerprint density at radius 3 is 2.72 bits per heavy atom. The van der Waals surface area contributed by atoms with Crippen molar-refractivity contribution in [2.75, 3.05) is 7.11 Å². The molecule has 0 radical (unpaired) electrons. The second kappa shape index (κ2) is 7.12. The summed E-state index contributed by atoms with van der Waals surface area (Å²) < 4.78 is 9.44. The Kier molecular flexibility index (Phi) is 4.31. The molecule has 1 aliphatic rings. The second-order valence-electron chi connectivity index (χ2n) is 7.14. The van der Waals surface area contributed by atoms with Crippen LogP contribution in [0.5, 0.6) is 5.88 Å². The van der Waals surface area contributed by atoms with Gasteiger partial charge in [0.05, 0.1) is 19.1 Å². The lowest BCUT2D eigenvalue weighted by atomic mass is 9.92. The van der Waals surface area contributed by atoms with E-state index in [-0.39, 0.29) is 5.92 Å². The van der Waals surface area contributed by atoms with Crippen LogP contribution in [0, 0.1) is 6.92 Å². The first-order chi connectivity index (χ1) is 14.2. The molecule has 1 aliphatic heterocycles. The summed E-state index contributed by atoms with van der Waals surface area (Å²) in [6.07, 6.45) is 9.47. The van der Waals surface area contributed by atoms with Crippen molar-refractivity contribution in [3.8, 4) is 23.1 Å². The van der Waals surface area contributed by atoms with Crippen molar-refractivity contribution in [2.45, 2.75) is 32.2 Å². The third-order valence-electron chi connectivity index (χ3n) is 5.24. The van der Waals surface area contributed by atoms with E-state index < -0.39 is 0 Å². The maximum atomic E-state index is 5.53. The summed E-state index contributed by atoms with van der Waals surface area (Å²) in [5, 5.41) is 4.73. The Morgan fingerprint density at radius 1 is 1.10 bits per heavy atom. The van der Waals surface area contributed by atoms with Crippen LogP contribution in [-0.4, -0.2) is 41.4 Å². The number of methoxy groups -OCH3 is 1. The average Bonchev–Trinajstić information content (AvgIpc) is 3.40. The largest absolute Gasteiger partial charge is 0.479 e. The molecule has 8 nitrogen and oxygen atoms in total. The molecule has 0 fully saturated rings. The van der Waals surface area contributed by atoms with Crippen LogP contribution in [0.2, 0.25) is 0 Å². The maximum absolute atomic E-state index is 5.53. The van der Waals surface area contributed by atoms with E-state index in [0.29, 0.717) is 17.4 Å². The fraction of sp³-hybridized carbons (Fsp3) is 0.286. The molecule has 0 saturated carbocycles. The first kappa shape index (κ1) is 17.5. The molecule has 0 N–H and O–H groups in total. The number of hydrogen-bond acceptors (Lipinski definition) is 6. The van der Waals surface area contributed by atoms with E-state index in [0.717, 1.165) is 36.6 Å². The summed E-state index contributed by atoms with van der Waals surface area (Å²) in [5.41, 5.74) is 3.67.